The second kappa shape index (κ2) is 9.97. The Morgan fingerprint density at radius 3 is 2.44 bits per heavy atom. The fourth-order valence-electron chi connectivity index (χ4n) is 4.55. The van der Waals surface area contributed by atoms with E-state index in [0.29, 0.717) is 24.3 Å². The Morgan fingerprint density at radius 2 is 1.76 bits per heavy atom. The van der Waals surface area contributed by atoms with Gasteiger partial charge in [0.25, 0.3) is 5.91 Å². The number of anilines is 2. The van der Waals surface area contributed by atoms with Crippen LogP contribution in [0.5, 0.6) is 0 Å². The van der Waals surface area contributed by atoms with E-state index in [4.69, 9.17) is 5.73 Å². The lowest BCUT2D eigenvalue weighted by atomic mass is 9.85. The van der Waals surface area contributed by atoms with E-state index >= 15 is 0 Å². The van der Waals surface area contributed by atoms with Gasteiger partial charge in [-0.25, -0.2) is 5.43 Å². The van der Waals surface area contributed by atoms with E-state index in [1.165, 1.54) is 5.56 Å². The van der Waals surface area contributed by atoms with Gasteiger partial charge < -0.3 is 20.7 Å². The van der Waals surface area contributed by atoms with Crippen molar-refractivity contribution < 1.29 is 14.7 Å². The summed E-state index contributed by atoms with van der Waals surface area (Å²) >= 11 is 0. The van der Waals surface area contributed by atoms with Crippen LogP contribution in [-0.2, 0) is 17.8 Å². The molecule has 1 heterocycles. The normalized spacial score (nSPS) is 13.8. The Balaban J connectivity index is 1.64. The summed E-state index contributed by atoms with van der Waals surface area (Å²) in [7, 11) is 3.67. The minimum atomic E-state index is -0.876. The van der Waals surface area contributed by atoms with E-state index < -0.39 is 5.97 Å². The zero-order chi connectivity index (χ0) is 24.2. The monoisotopic (exact) mass is 458 g/mol. The van der Waals surface area contributed by atoms with Crippen molar-refractivity contribution in [3.8, 4) is 0 Å². The molecule has 176 valence electrons. The third kappa shape index (κ3) is 4.89. The maximum Gasteiger partial charge on any atom is 0.304 e. The topological polar surface area (TPSA) is 98.9 Å². The average molecular weight is 459 g/mol. The molecule has 0 spiro atoms. The zero-order valence-corrected chi connectivity index (χ0v) is 19.5. The number of hydrazine groups is 1. The van der Waals surface area contributed by atoms with Crippen LogP contribution < -0.4 is 16.2 Å². The Hall–Kier alpha value is -3.84. The number of hydrogen-bond acceptors (Lipinski definition) is 5. The van der Waals surface area contributed by atoms with Crippen molar-refractivity contribution in [1.82, 2.24) is 10.3 Å². The van der Waals surface area contributed by atoms with E-state index in [1.807, 2.05) is 71.6 Å². The highest BCUT2D eigenvalue weighted by Gasteiger charge is 2.25. The molecule has 4 rings (SSSR count). The number of nitrogen functional groups attached to an aromatic ring is 1. The van der Waals surface area contributed by atoms with Crippen LogP contribution in [-0.4, -0.2) is 42.5 Å². The summed E-state index contributed by atoms with van der Waals surface area (Å²) in [5.74, 6) is -1.21. The van der Waals surface area contributed by atoms with Crippen LogP contribution >= 0.6 is 0 Å². The number of aliphatic carboxylic acids is 1. The van der Waals surface area contributed by atoms with Crippen LogP contribution in [0.1, 0.15) is 45.0 Å². The van der Waals surface area contributed by atoms with Gasteiger partial charge in [-0.15, -0.1) is 0 Å². The van der Waals surface area contributed by atoms with Crippen LogP contribution in [0.3, 0.4) is 0 Å². The molecule has 0 bridgehead atoms. The highest BCUT2D eigenvalue weighted by atomic mass is 16.4. The molecule has 0 saturated heterocycles. The first-order valence-electron chi connectivity index (χ1n) is 11.4. The molecule has 3 aromatic rings. The fourth-order valence-corrected chi connectivity index (χ4v) is 4.55. The van der Waals surface area contributed by atoms with E-state index in [-0.39, 0.29) is 18.2 Å². The molecule has 0 aromatic heterocycles. The summed E-state index contributed by atoms with van der Waals surface area (Å²) in [6, 6.07) is 21.1. The Kier molecular flexibility index (Phi) is 6.84. The van der Waals surface area contributed by atoms with Gasteiger partial charge in [-0.2, -0.15) is 0 Å². The first-order chi connectivity index (χ1) is 16.4. The van der Waals surface area contributed by atoms with Gasteiger partial charge >= 0.3 is 5.97 Å². The number of carbonyl (C=O) groups excluding carboxylic acids is 1. The number of carbonyl (C=O) groups is 2. The molecule has 0 radical (unpaired) electrons. The molecule has 3 aromatic carbocycles. The molecule has 34 heavy (non-hydrogen) atoms. The zero-order valence-electron chi connectivity index (χ0n) is 19.5. The molecular formula is C27H30N4O3. The second-order valence-corrected chi connectivity index (χ2v) is 8.62. The average Bonchev–Trinajstić information content (AvgIpc) is 2.86. The van der Waals surface area contributed by atoms with Crippen LogP contribution in [0.15, 0.2) is 66.7 Å². The van der Waals surface area contributed by atoms with E-state index in [2.05, 4.69) is 17.6 Å². The maximum absolute atomic E-state index is 13.0. The summed E-state index contributed by atoms with van der Waals surface area (Å²) in [6.07, 6.45) is 0.724. The Bertz CT molecular complexity index is 1200. The number of amides is 1. The highest BCUT2D eigenvalue weighted by molar-refractivity contribution is 5.94. The van der Waals surface area contributed by atoms with Gasteiger partial charge in [-0.05, 0) is 52.9 Å². The van der Waals surface area contributed by atoms with Crippen molar-refractivity contribution in [1.29, 1.82) is 0 Å². The standard InChI is InChI=1S/C27H30N4O3/c1-29-30(2)25-11-10-21(15-24(25)28)23(16-26(32)33)20-9-8-18-12-13-31(17-22(18)14-20)27(34)19-6-4-3-5-7-19/h3-11,14-15,23,29H,12-13,16-17,28H2,1-2H3,(H,32,33). The Morgan fingerprint density at radius 1 is 1.06 bits per heavy atom. The lowest BCUT2D eigenvalue weighted by Crippen LogP contribution is -2.36. The number of nitrogens with one attached hydrogen (secondary N) is 1. The van der Waals surface area contributed by atoms with Crippen molar-refractivity contribution in [2.24, 2.45) is 0 Å². The number of rotatable bonds is 7. The van der Waals surface area contributed by atoms with E-state index in [9.17, 15) is 14.7 Å². The minimum Gasteiger partial charge on any atom is -0.481 e. The summed E-state index contributed by atoms with van der Waals surface area (Å²) < 4.78 is 0. The number of fused-ring (bicyclic) bond motifs is 1. The van der Waals surface area contributed by atoms with Crippen LogP contribution in [0.2, 0.25) is 0 Å². The summed E-state index contributed by atoms with van der Waals surface area (Å²) in [5.41, 5.74) is 15.4. The third-order valence-corrected chi connectivity index (χ3v) is 6.48. The molecule has 0 fully saturated rings. The fraction of sp³-hybridized carbons (Fsp3) is 0.259. The largest absolute Gasteiger partial charge is 0.481 e. The molecular weight excluding hydrogens is 428 g/mol. The summed E-state index contributed by atoms with van der Waals surface area (Å²) in [6.45, 7) is 1.17. The predicted molar refractivity (Wildman–Crippen MR) is 134 cm³/mol. The highest BCUT2D eigenvalue weighted by Crippen LogP contribution is 2.34. The lowest BCUT2D eigenvalue weighted by molar-refractivity contribution is -0.137. The van der Waals surface area contributed by atoms with Crippen LogP contribution in [0.4, 0.5) is 11.4 Å². The van der Waals surface area contributed by atoms with Gasteiger partial charge in [0.05, 0.1) is 17.8 Å². The molecule has 1 aliphatic heterocycles. The van der Waals surface area contributed by atoms with Gasteiger partial charge in [0.15, 0.2) is 0 Å². The van der Waals surface area contributed by atoms with E-state index in [1.54, 1.807) is 7.05 Å². The van der Waals surface area contributed by atoms with Gasteiger partial charge in [0, 0.05) is 38.7 Å². The smallest absolute Gasteiger partial charge is 0.304 e. The van der Waals surface area contributed by atoms with Crippen LogP contribution in [0.25, 0.3) is 0 Å². The van der Waals surface area contributed by atoms with Crippen LogP contribution in [0, 0.1) is 0 Å². The SMILES string of the molecule is CNN(C)c1ccc(C(CC(=O)O)c2ccc3c(c2)CN(C(=O)c2ccccc2)CC3)cc1N. The number of carboxylic acids is 1. The first kappa shape index (κ1) is 23.3. The van der Waals surface area contributed by atoms with Crippen molar-refractivity contribution in [2.75, 3.05) is 31.4 Å². The molecule has 1 atom stereocenters. The first-order valence-corrected chi connectivity index (χ1v) is 11.4. The van der Waals surface area contributed by atoms with Crippen molar-refractivity contribution in [2.45, 2.75) is 25.3 Å². The van der Waals surface area contributed by atoms with Gasteiger partial charge in [0.1, 0.15) is 0 Å². The third-order valence-electron chi connectivity index (χ3n) is 6.48. The number of carboxylic acid groups (broad SMARTS) is 1. The molecule has 1 amide bonds. The predicted octanol–water partition coefficient (Wildman–Crippen LogP) is 3.64. The quantitative estimate of drug-likeness (QED) is 0.369. The van der Waals surface area contributed by atoms with Gasteiger partial charge in [0.2, 0.25) is 0 Å². The second-order valence-electron chi connectivity index (χ2n) is 8.62. The van der Waals surface area contributed by atoms with Gasteiger partial charge in [-0.1, -0.05) is 42.5 Å². The molecule has 0 saturated carbocycles. The van der Waals surface area contributed by atoms with Crippen molar-refractivity contribution >= 4 is 23.3 Å². The van der Waals surface area contributed by atoms with Crippen molar-refractivity contribution in [3.63, 3.8) is 0 Å². The van der Waals surface area contributed by atoms with Crippen molar-refractivity contribution in [3.05, 3.63) is 94.5 Å². The molecule has 0 aliphatic carbocycles. The summed E-state index contributed by atoms with van der Waals surface area (Å²) in [5, 5.41) is 11.4. The number of nitrogens with two attached hydrogens (primary N) is 1. The number of hydrogen-bond donors (Lipinski definition) is 3. The number of nitrogens with zero attached hydrogens (tertiary/aromatic N) is 2. The van der Waals surface area contributed by atoms with E-state index in [0.717, 1.165) is 28.8 Å². The van der Waals surface area contributed by atoms with Gasteiger partial charge in [-0.3, -0.25) is 9.59 Å². The molecule has 1 aliphatic rings. The molecule has 1 unspecified atom stereocenters. The molecule has 7 nitrogen and oxygen atoms in total. The lowest BCUT2D eigenvalue weighted by Gasteiger charge is -2.30. The number of benzene rings is 3. The Labute approximate surface area is 199 Å². The molecule has 7 heteroatoms. The molecule has 4 N–H and O–H groups in total. The maximum atomic E-state index is 13.0. The minimum absolute atomic E-state index is 0.00996. The summed E-state index contributed by atoms with van der Waals surface area (Å²) in [4.78, 5) is 26.6.